The molecule has 0 amide bonds. The zero-order valence-corrected chi connectivity index (χ0v) is 7.50. The average molecular weight is 201 g/mol. The molecule has 0 saturated carbocycles. The van der Waals surface area contributed by atoms with Crippen LogP contribution in [0.15, 0.2) is 24.8 Å². The van der Waals surface area contributed by atoms with E-state index >= 15 is 0 Å². The molecule has 0 unspecified atom stereocenters. The first-order valence-corrected chi connectivity index (χ1v) is 2.19. The Labute approximate surface area is 62.3 Å². The monoisotopic (exact) mass is 202 g/mol. The molecule has 0 aliphatic rings. The van der Waals surface area contributed by atoms with Crippen LogP contribution in [0.3, 0.4) is 0 Å². The predicted octanol–water partition coefficient (Wildman–Crippen LogP) is 1.76. The summed E-state index contributed by atoms with van der Waals surface area (Å²) in [5.41, 5.74) is 0. The van der Waals surface area contributed by atoms with E-state index in [1.54, 1.807) is 6.08 Å². The van der Waals surface area contributed by atoms with E-state index in [4.69, 9.17) is 0 Å². The fraction of sp³-hybridized carbons (Fsp3) is 0.333. The topological polar surface area (TPSA) is 0 Å². The molecule has 0 nitrogen and oxygen atoms in total. The van der Waals surface area contributed by atoms with Crippen molar-refractivity contribution < 1.29 is 0 Å². The van der Waals surface area contributed by atoms with Crippen molar-refractivity contribution in [3.05, 3.63) is 24.8 Å². The van der Waals surface area contributed by atoms with Crippen LogP contribution in [-0.2, 0) is 0 Å². The van der Waals surface area contributed by atoms with Crippen LogP contribution in [0.25, 0.3) is 0 Å². The second kappa shape index (κ2) is 9.56. The van der Waals surface area contributed by atoms with Gasteiger partial charge in [-0.3, -0.25) is 0 Å². The molecule has 0 aliphatic carbocycles. The summed E-state index contributed by atoms with van der Waals surface area (Å²) >= 11 is 0. The van der Waals surface area contributed by atoms with E-state index in [1.807, 2.05) is 6.08 Å². The predicted molar refractivity (Wildman–Crippen MR) is 35.4 cm³/mol. The van der Waals surface area contributed by atoms with Crippen LogP contribution in [0.5, 0.6) is 0 Å². The van der Waals surface area contributed by atoms with Gasteiger partial charge in [-0.15, -0.1) is 0 Å². The van der Waals surface area contributed by atoms with Crippen molar-refractivity contribution in [3.8, 4) is 0 Å². The fourth-order valence-electron chi connectivity index (χ4n) is 0.232. The fourth-order valence-corrected chi connectivity index (χ4v) is 0.232. The largest absolute Gasteiger partial charge is 0.0991 e. The molecular weight excluding hydrogens is 191 g/mol. The van der Waals surface area contributed by atoms with Crippen molar-refractivity contribution >= 4 is 23.9 Å². The Bertz CT molecular complexity index is 55.2. The number of rotatable bonds is 2. The van der Waals surface area contributed by atoms with Gasteiger partial charge in [0.1, 0.15) is 0 Å². The molecule has 0 heterocycles. The van der Waals surface area contributed by atoms with Gasteiger partial charge in [-0.05, 0) is 6.42 Å². The first-order chi connectivity index (χ1) is 2.91. The van der Waals surface area contributed by atoms with E-state index in [0.29, 0.717) is 0 Å². The summed E-state index contributed by atoms with van der Waals surface area (Å²) < 4.78 is 0. The molecular formula is C6H10Sn. The molecule has 38 valence electrons. The second-order valence-corrected chi connectivity index (χ2v) is 1.07. The summed E-state index contributed by atoms with van der Waals surface area (Å²) in [7, 11) is 0. The summed E-state index contributed by atoms with van der Waals surface area (Å²) in [6.45, 7) is 5.61. The van der Waals surface area contributed by atoms with Crippen molar-refractivity contribution in [3.63, 3.8) is 0 Å². The molecule has 0 spiro atoms. The Kier molecular flexibility index (Phi) is 14.1. The van der Waals surface area contributed by atoms with Crippen LogP contribution in [0, 0.1) is 0 Å². The Hall–Kier alpha value is 0.279. The molecule has 0 rings (SSSR count). The van der Waals surface area contributed by atoms with Gasteiger partial charge in [0.25, 0.3) is 0 Å². The summed E-state index contributed by atoms with van der Waals surface area (Å²) in [6.07, 6.45) is 6.89. The second-order valence-electron chi connectivity index (χ2n) is 1.07. The van der Waals surface area contributed by atoms with E-state index in [0.717, 1.165) is 6.42 Å². The maximum Gasteiger partial charge on any atom is 0 e. The van der Waals surface area contributed by atoms with E-state index in [-0.39, 0.29) is 23.9 Å². The van der Waals surface area contributed by atoms with Crippen molar-refractivity contribution in [2.45, 2.75) is 13.3 Å². The zero-order chi connectivity index (χ0) is 4.83. The van der Waals surface area contributed by atoms with E-state index in [2.05, 4.69) is 19.6 Å². The first-order valence-electron chi connectivity index (χ1n) is 2.19. The molecule has 0 N–H and O–H groups in total. The van der Waals surface area contributed by atoms with Gasteiger partial charge in [-0.2, -0.15) is 0 Å². The number of hydrogen-bond acceptors (Lipinski definition) is 0. The molecule has 0 atom stereocenters. The Morgan fingerprint density at radius 3 is 2.29 bits per heavy atom. The normalized spacial score (nSPS) is 8.14. The van der Waals surface area contributed by atoms with Crippen LogP contribution in [0.2, 0.25) is 0 Å². The van der Waals surface area contributed by atoms with Gasteiger partial charge in [0.2, 0.25) is 0 Å². The van der Waals surface area contributed by atoms with Crippen LogP contribution in [-0.4, -0.2) is 23.9 Å². The van der Waals surface area contributed by atoms with Gasteiger partial charge in [0.15, 0.2) is 0 Å². The molecule has 0 bridgehead atoms. The van der Waals surface area contributed by atoms with E-state index < -0.39 is 0 Å². The summed E-state index contributed by atoms with van der Waals surface area (Å²) in [6, 6.07) is 0. The molecule has 0 saturated heterocycles. The van der Waals surface area contributed by atoms with Gasteiger partial charge in [0, 0.05) is 23.9 Å². The average Bonchev–Trinajstić information content (AvgIpc) is 1.61. The molecule has 0 aromatic carbocycles. The van der Waals surface area contributed by atoms with Crippen LogP contribution in [0.4, 0.5) is 0 Å². The molecule has 0 aromatic rings. The Balaban J connectivity index is 0. The van der Waals surface area contributed by atoms with Crippen LogP contribution >= 0.6 is 0 Å². The molecule has 0 aliphatic heterocycles. The van der Waals surface area contributed by atoms with E-state index in [9.17, 15) is 0 Å². The minimum atomic E-state index is 0. The van der Waals surface area contributed by atoms with Gasteiger partial charge < -0.3 is 0 Å². The minimum Gasteiger partial charge on any atom is -0.0991 e. The molecule has 7 heavy (non-hydrogen) atoms. The zero-order valence-electron chi connectivity index (χ0n) is 4.65. The third-order valence-corrected chi connectivity index (χ3v) is 0.508. The number of hydrogen-bond donors (Lipinski definition) is 0. The SMILES string of the molecule is C=CC=CCC.[Sn]. The van der Waals surface area contributed by atoms with Crippen molar-refractivity contribution in [2.75, 3.05) is 0 Å². The molecule has 0 aromatic heterocycles. The van der Waals surface area contributed by atoms with Gasteiger partial charge in [-0.25, -0.2) is 0 Å². The van der Waals surface area contributed by atoms with Gasteiger partial charge in [0.05, 0.1) is 0 Å². The summed E-state index contributed by atoms with van der Waals surface area (Å²) in [4.78, 5) is 0. The van der Waals surface area contributed by atoms with Crippen molar-refractivity contribution in [2.24, 2.45) is 0 Å². The third-order valence-electron chi connectivity index (χ3n) is 0.508. The third kappa shape index (κ3) is 10.7. The van der Waals surface area contributed by atoms with Gasteiger partial charge in [-0.1, -0.05) is 31.7 Å². The Morgan fingerprint density at radius 1 is 1.57 bits per heavy atom. The van der Waals surface area contributed by atoms with Gasteiger partial charge >= 0.3 is 0 Å². The minimum absolute atomic E-state index is 0. The van der Waals surface area contributed by atoms with Crippen LogP contribution < -0.4 is 0 Å². The standard InChI is InChI=1S/C6H10.Sn/c1-3-5-6-4-2;/h3,5-6H,1,4H2,2H3;. The van der Waals surface area contributed by atoms with E-state index in [1.165, 1.54) is 0 Å². The summed E-state index contributed by atoms with van der Waals surface area (Å²) in [5.74, 6) is 0. The van der Waals surface area contributed by atoms with Crippen molar-refractivity contribution in [1.29, 1.82) is 0 Å². The quantitative estimate of drug-likeness (QED) is 0.471. The molecule has 1 heteroatoms. The first kappa shape index (κ1) is 10.3. The molecule has 4 radical (unpaired) electrons. The summed E-state index contributed by atoms with van der Waals surface area (Å²) in [5, 5.41) is 0. The van der Waals surface area contributed by atoms with Crippen LogP contribution in [0.1, 0.15) is 13.3 Å². The maximum absolute atomic E-state index is 3.51. The number of allylic oxidation sites excluding steroid dienone is 3. The maximum atomic E-state index is 3.51. The molecule has 0 fully saturated rings. The Morgan fingerprint density at radius 2 is 2.14 bits per heavy atom. The smallest absolute Gasteiger partial charge is 0 e. The van der Waals surface area contributed by atoms with Crippen molar-refractivity contribution in [1.82, 2.24) is 0 Å².